The summed E-state index contributed by atoms with van der Waals surface area (Å²) in [4.78, 5) is 28.9. The van der Waals surface area contributed by atoms with Crippen molar-refractivity contribution in [2.24, 2.45) is 4.99 Å². The molecule has 0 spiro atoms. The van der Waals surface area contributed by atoms with Crippen LogP contribution in [0.25, 0.3) is 0 Å². The maximum atomic E-state index is 13.2. The van der Waals surface area contributed by atoms with Crippen molar-refractivity contribution in [3.8, 4) is 0 Å². The van der Waals surface area contributed by atoms with Gasteiger partial charge in [-0.25, -0.2) is 0 Å². The molecular weight excluding hydrogens is 416 g/mol. The number of hydrogen-bond donors (Lipinski definition) is 0. The fourth-order valence-corrected chi connectivity index (χ4v) is 5.19. The molecule has 0 radical (unpaired) electrons. The molecule has 1 saturated heterocycles. The Balaban J connectivity index is 1.44. The van der Waals surface area contributed by atoms with Gasteiger partial charge in [0.2, 0.25) is 5.89 Å². The van der Waals surface area contributed by atoms with Gasteiger partial charge in [0, 0.05) is 6.54 Å². The van der Waals surface area contributed by atoms with E-state index in [0.29, 0.717) is 28.8 Å². The molecule has 1 aromatic carbocycles. The van der Waals surface area contributed by atoms with Crippen LogP contribution in [0.5, 0.6) is 0 Å². The normalized spacial score (nSPS) is 24.1. The predicted octanol–water partition coefficient (Wildman–Crippen LogP) is 3.53. The van der Waals surface area contributed by atoms with Gasteiger partial charge in [-0.3, -0.25) is 14.7 Å². The summed E-state index contributed by atoms with van der Waals surface area (Å²) in [6.45, 7) is 7.72. The highest BCUT2D eigenvalue weighted by molar-refractivity contribution is 6.35. The lowest BCUT2D eigenvalue weighted by Crippen LogP contribution is -2.59. The third-order valence-corrected chi connectivity index (χ3v) is 6.70. The molecule has 8 nitrogen and oxygen atoms in total. The van der Waals surface area contributed by atoms with Gasteiger partial charge in [0.15, 0.2) is 5.82 Å². The molecule has 0 aliphatic carbocycles. The Hall–Kier alpha value is -2.45. The molecule has 31 heavy (non-hydrogen) atoms. The van der Waals surface area contributed by atoms with Crippen molar-refractivity contribution in [1.29, 1.82) is 0 Å². The number of benzene rings is 1. The molecule has 0 N–H and O–H groups in total. The number of fused-ring (bicyclic) bond motifs is 5. The molecule has 2 unspecified atom stereocenters. The van der Waals surface area contributed by atoms with Gasteiger partial charge in [0.25, 0.3) is 5.91 Å². The molecule has 3 aliphatic rings. The first-order valence-corrected chi connectivity index (χ1v) is 11.5. The van der Waals surface area contributed by atoms with Crippen molar-refractivity contribution in [3.05, 3.63) is 40.5 Å². The van der Waals surface area contributed by atoms with E-state index in [1.54, 1.807) is 12.4 Å². The van der Waals surface area contributed by atoms with Crippen LogP contribution in [-0.2, 0) is 6.54 Å². The van der Waals surface area contributed by atoms with Crippen molar-refractivity contribution in [1.82, 2.24) is 19.9 Å². The standard InChI is InChI=1S/C22H27ClN6O2/c1-3-9-27(10-4-2)12-17-25-21(26-31-17)19-20-16-8-11-28(16)22(30)18-14(23)6-5-7-15(18)29(20)13-24-19/h5-7,13,16,19-20H,3-4,8-12H2,1-2H3/t16?,19-,20?/m0/s1. The third-order valence-electron chi connectivity index (χ3n) is 6.39. The molecule has 1 amide bonds. The lowest BCUT2D eigenvalue weighted by atomic mass is 9.90. The lowest BCUT2D eigenvalue weighted by Gasteiger charge is -2.45. The number of nitrogens with zero attached hydrogens (tertiary/aromatic N) is 6. The fraction of sp³-hybridized carbons (Fsp3) is 0.545. The third kappa shape index (κ3) is 3.42. The number of carbonyl (C=O) groups is 1. The monoisotopic (exact) mass is 442 g/mol. The average Bonchev–Trinajstić information content (AvgIpc) is 3.33. The van der Waals surface area contributed by atoms with Crippen LogP contribution in [-0.4, -0.2) is 63.9 Å². The Kier molecular flexibility index (Phi) is 5.44. The topological polar surface area (TPSA) is 78.1 Å². The molecule has 5 rings (SSSR count). The van der Waals surface area contributed by atoms with E-state index in [2.05, 4.69) is 28.8 Å². The second-order valence-corrected chi connectivity index (χ2v) is 8.83. The summed E-state index contributed by atoms with van der Waals surface area (Å²) in [6, 6.07) is 5.27. The van der Waals surface area contributed by atoms with Gasteiger partial charge < -0.3 is 14.3 Å². The summed E-state index contributed by atoms with van der Waals surface area (Å²) in [5.41, 5.74) is 1.34. The highest BCUT2D eigenvalue weighted by atomic mass is 35.5. The zero-order valence-corrected chi connectivity index (χ0v) is 18.6. The SMILES string of the molecule is CCCN(CCC)Cc1nc([C@H]2N=CN3c4cccc(Cl)c4C(=O)N4CCC4C23)no1. The minimum atomic E-state index is -0.283. The summed E-state index contributed by atoms with van der Waals surface area (Å²) < 4.78 is 5.60. The van der Waals surface area contributed by atoms with Crippen molar-refractivity contribution < 1.29 is 9.32 Å². The van der Waals surface area contributed by atoms with E-state index in [1.165, 1.54) is 0 Å². The van der Waals surface area contributed by atoms with Crippen LogP contribution in [0.15, 0.2) is 27.7 Å². The molecule has 1 fully saturated rings. The molecule has 164 valence electrons. The van der Waals surface area contributed by atoms with Crippen molar-refractivity contribution >= 4 is 29.5 Å². The minimum absolute atomic E-state index is 0.0121. The Morgan fingerprint density at radius 1 is 1.26 bits per heavy atom. The van der Waals surface area contributed by atoms with Crippen LogP contribution in [0.1, 0.15) is 61.2 Å². The molecule has 1 aromatic heterocycles. The van der Waals surface area contributed by atoms with Crippen molar-refractivity contribution in [3.63, 3.8) is 0 Å². The van der Waals surface area contributed by atoms with Crippen LogP contribution in [0.3, 0.4) is 0 Å². The minimum Gasteiger partial charge on any atom is -0.338 e. The molecule has 2 aromatic rings. The van der Waals surface area contributed by atoms with Crippen LogP contribution in [0, 0.1) is 0 Å². The van der Waals surface area contributed by atoms with Gasteiger partial charge in [0.1, 0.15) is 6.04 Å². The van der Waals surface area contributed by atoms with Crippen molar-refractivity contribution in [2.45, 2.75) is 57.8 Å². The van der Waals surface area contributed by atoms with Crippen LogP contribution >= 0.6 is 11.6 Å². The maximum Gasteiger partial charge on any atom is 0.257 e. The lowest BCUT2D eigenvalue weighted by molar-refractivity contribution is 0.0407. The van der Waals surface area contributed by atoms with Crippen molar-refractivity contribution in [2.75, 3.05) is 24.5 Å². The number of anilines is 1. The number of carbonyl (C=O) groups excluding carboxylic acids is 1. The number of aromatic nitrogens is 2. The maximum absolute atomic E-state index is 13.2. The summed E-state index contributed by atoms with van der Waals surface area (Å²) in [5, 5.41) is 4.76. The molecule has 4 heterocycles. The Labute approximate surface area is 186 Å². The molecule has 0 saturated carbocycles. The molecular formula is C22H27ClN6O2. The van der Waals surface area contributed by atoms with Gasteiger partial charge in [-0.05, 0) is 44.5 Å². The van der Waals surface area contributed by atoms with Crippen LogP contribution < -0.4 is 4.90 Å². The van der Waals surface area contributed by atoms with Gasteiger partial charge in [0.05, 0.1) is 41.2 Å². The van der Waals surface area contributed by atoms with E-state index in [4.69, 9.17) is 26.1 Å². The molecule has 3 aliphatic heterocycles. The predicted molar refractivity (Wildman–Crippen MR) is 119 cm³/mol. The van der Waals surface area contributed by atoms with Gasteiger partial charge in [-0.2, -0.15) is 4.98 Å². The first-order valence-electron chi connectivity index (χ1n) is 11.1. The Bertz CT molecular complexity index is 1000. The number of aliphatic imine (C=N–C) groups is 1. The smallest absolute Gasteiger partial charge is 0.257 e. The summed E-state index contributed by atoms with van der Waals surface area (Å²) in [7, 11) is 0. The van der Waals surface area contributed by atoms with Crippen LogP contribution in [0.4, 0.5) is 5.69 Å². The number of halogens is 1. The second kappa shape index (κ2) is 8.24. The van der Waals surface area contributed by atoms with Gasteiger partial charge in [-0.1, -0.05) is 36.7 Å². The van der Waals surface area contributed by atoms with E-state index in [1.807, 2.05) is 17.0 Å². The molecule has 9 heteroatoms. The van der Waals surface area contributed by atoms with Gasteiger partial charge in [-0.15, -0.1) is 0 Å². The zero-order valence-electron chi connectivity index (χ0n) is 17.9. The fourth-order valence-electron chi connectivity index (χ4n) is 4.94. The van der Waals surface area contributed by atoms with Gasteiger partial charge >= 0.3 is 0 Å². The van der Waals surface area contributed by atoms with E-state index in [9.17, 15) is 4.79 Å². The first-order chi connectivity index (χ1) is 15.1. The number of amides is 1. The Morgan fingerprint density at radius 2 is 2.06 bits per heavy atom. The number of hydrogen-bond acceptors (Lipinski definition) is 7. The van der Waals surface area contributed by atoms with E-state index < -0.39 is 0 Å². The van der Waals surface area contributed by atoms with E-state index in [-0.39, 0.29) is 24.0 Å². The number of rotatable bonds is 7. The molecule has 3 atom stereocenters. The zero-order chi connectivity index (χ0) is 21.5. The summed E-state index contributed by atoms with van der Waals surface area (Å²) >= 11 is 6.43. The second-order valence-electron chi connectivity index (χ2n) is 8.42. The highest BCUT2D eigenvalue weighted by Crippen LogP contribution is 2.44. The van der Waals surface area contributed by atoms with E-state index in [0.717, 1.165) is 44.6 Å². The quantitative estimate of drug-likeness (QED) is 0.652. The highest BCUT2D eigenvalue weighted by Gasteiger charge is 2.51. The largest absolute Gasteiger partial charge is 0.338 e. The summed E-state index contributed by atoms with van der Waals surface area (Å²) in [6.07, 6.45) is 4.89. The molecule has 0 bridgehead atoms. The Morgan fingerprint density at radius 3 is 2.77 bits per heavy atom. The van der Waals surface area contributed by atoms with Crippen LogP contribution in [0.2, 0.25) is 5.02 Å². The van der Waals surface area contributed by atoms with E-state index >= 15 is 0 Å². The summed E-state index contributed by atoms with van der Waals surface area (Å²) in [5.74, 6) is 1.18. The first kappa shape index (κ1) is 20.5. The average molecular weight is 443 g/mol.